The number of halogens is 3. The number of carbonyl (C=O) groups excluding carboxylic acids is 1. The number of carbonyl (C=O) groups is 1. The van der Waals surface area contributed by atoms with Gasteiger partial charge in [-0.2, -0.15) is 13.2 Å². The van der Waals surface area contributed by atoms with Gasteiger partial charge in [0.25, 0.3) is 0 Å². The first-order chi connectivity index (χ1) is 23.6. The first kappa shape index (κ1) is 33.4. The van der Waals surface area contributed by atoms with Crippen molar-refractivity contribution < 1.29 is 32.5 Å². The van der Waals surface area contributed by atoms with E-state index in [1.54, 1.807) is 13.2 Å². The minimum Gasteiger partial charge on any atom is -0.493 e. The van der Waals surface area contributed by atoms with Crippen molar-refractivity contribution in [2.24, 2.45) is 0 Å². The van der Waals surface area contributed by atoms with E-state index in [9.17, 15) is 23.1 Å². The molecular weight excluding hydrogens is 629 g/mol. The number of hydrogen-bond donors (Lipinski definition) is 1. The topological polar surface area (TPSA) is 62.2 Å². The normalized spacial score (nSPS) is 27.0. The molecule has 3 aromatic rings. The van der Waals surface area contributed by atoms with Crippen molar-refractivity contribution in [3.8, 4) is 11.5 Å². The van der Waals surface area contributed by atoms with Crippen LogP contribution in [0.2, 0.25) is 0 Å². The van der Waals surface area contributed by atoms with Crippen LogP contribution in [0.3, 0.4) is 0 Å². The molecule has 4 aliphatic rings. The van der Waals surface area contributed by atoms with Crippen molar-refractivity contribution in [2.45, 2.75) is 80.3 Å². The fourth-order valence-electron chi connectivity index (χ4n) is 9.24. The maximum Gasteiger partial charge on any atom is 0.416 e. The Bertz CT molecular complexity index is 1740. The molecule has 2 aliphatic carbocycles. The molecule has 3 aromatic carbocycles. The first-order valence-corrected chi connectivity index (χ1v) is 17.2. The smallest absolute Gasteiger partial charge is 0.416 e. The van der Waals surface area contributed by atoms with Crippen LogP contribution in [0.1, 0.15) is 59.9 Å². The number of amides is 1. The second-order valence-electron chi connectivity index (χ2n) is 13.9. The van der Waals surface area contributed by atoms with E-state index in [0.717, 1.165) is 49.1 Å². The number of piperidine rings is 1. The first-order valence-electron chi connectivity index (χ1n) is 17.2. The van der Waals surface area contributed by atoms with E-state index >= 15 is 0 Å². The Balaban J connectivity index is 1.24. The highest BCUT2D eigenvalue weighted by atomic mass is 19.4. The Hall–Kier alpha value is -4.08. The lowest BCUT2D eigenvalue weighted by Crippen LogP contribution is -2.78. The highest BCUT2D eigenvalue weighted by Crippen LogP contribution is 2.66. The van der Waals surface area contributed by atoms with Crippen molar-refractivity contribution >= 4 is 12.0 Å². The molecule has 2 heterocycles. The van der Waals surface area contributed by atoms with Crippen LogP contribution in [0, 0.1) is 0 Å². The largest absolute Gasteiger partial charge is 0.493 e. The molecule has 1 amide bonds. The number of methoxy groups -OCH3 is 1. The minimum atomic E-state index is -4.48. The van der Waals surface area contributed by atoms with Crippen molar-refractivity contribution in [3.63, 3.8) is 0 Å². The molecule has 1 saturated heterocycles. The molecule has 2 aliphatic heterocycles. The van der Waals surface area contributed by atoms with Crippen LogP contribution >= 0.6 is 0 Å². The average Bonchev–Trinajstić information content (AvgIpc) is 3.45. The summed E-state index contributed by atoms with van der Waals surface area (Å²) in [6.07, 6.45) is 4.52. The predicted molar refractivity (Wildman–Crippen MR) is 183 cm³/mol. The molecule has 258 valence electrons. The van der Waals surface area contributed by atoms with Crippen LogP contribution in [0.15, 0.2) is 85.5 Å². The van der Waals surface area contributed by atoms with Gasteiger partial charge in [-0.15, -0.1) is 6.58 Å². The van der Waals surface area contributed by atoms with Crippen LogP contribution in [0.5, 0.6) is 11.5 Å². The summed E-state index contributed by atoms with van der Waals surface area (Å²) >= 11 is 0. The molecule has 1 N–H and O–H groups in total. The van der Waals surface area contributed by atoms with Gasteiger partial charge in [0.05, 0.1) is 29.7 Å². The molecule has 0 radical (unpaired) electrons. The van der Waals surface area contributed by atoms with E-state index in [1.807, 2.05) is 35.2 Å². The lowest BCUT2D eigenvalue weighted by Gasteiger charge is -2.64. The summed E-state index contributed by atoms with van der Waals surface area (Å²) in [4.78, 5) is 18.4. The summed E-state index contributed by atoms with van der Waals surface area (Å²) < 4.78 is 53.0. The second kappa shape index (κ2) is 13.0. The standard InChI is InChI=1S/C40H43F3N2O4/c1-3-22-44-24-21-38-35-29-16-17-32(48-2)36(35)49-37(38)31(19-20-39(38,47)33(44)26-29)45(23-8-7-12-27-10-5-4-6-11-27)34(46)18-15-28-13-9-14-30(25-28)40(41,42)43/h3-6,9-11,13-18,25,31,33,37,47H,1,7-8,12,19-24,26H2,2H3/t31-,33-,37+,38+,39-/m1/s1. The van der Waals surface area contributed by atoms with Gasteiger partial charge in [0.15, 0.2) is 11.5 Å². The molecule has 0 unspecified atom stereocenters. The Morgan fingerprint density at radius 2 is 1.94 bits per heavy atom. The second-order valence-corrected chi connectivity index (χ2v) is 13.9. The summed E-state index contributed by atoms with van der Waals surface area (Å²) in [5.74, 6) is 0.981. The molecule has 1 saturated carbocycles. The molecule has 2 fully saturated rings. The number of hydrogen-bond acceptors (Lipinski definition) is 5. The summed E-state index contributed by atoms with van der Waals surface area (Å²) in [6.45, 7) is 5.84. The summed E-state index contributed by atoms with van der Waals surface area (Å²) in [7, 11) is 1.62. The van der Waals surface area contributed by atoms with Gasteiger partial charge in [-0.3, -0.25) is 9.69 Å². The molecule has 2 bridgehead atoms. The minimum absolute atomic E-state index is 0.131. The monoisotopic (exact) mass is 672 g/mol. The van der Waals surface area contributed by atoms with E-state index in [-0.39, 0.29) is 18.0 Å². The third kappa shape index (κ3) is 5.65. The molecule has 0 aromatic heterocycles. The molecule has 6 nitrogen and oxygen atoms in total. The van der Waals surface area contributed by atoms with E-state index in [0.29, 0.717) is 55.8 Å². The van der Waals surface area contributed by atoms with Gasteiger partial charge in [0.1, 0.15) is 6.10 Å². The molecule has 49 heavy (non-hydrogen) atoms. The van der Waals surface area contributed by atoms with Crippen molar-refractivity contribution in [1.29, 1.82) is 0 Å². The number of unbranched alkanes of at least 4 members (excludes halogenated alkanes) is 1. The summed E-state index contributed by atoms with van der Waals surface area (Å²) in [6, 6.07) is 18.7. The van der Waals surface area contributed by atoms with Crippen LogP contribution in [-0.4, -0.2) is 71.3 Å². The van der Waals surface area contributed by atoms with Crippen LogP contribution < -0.4 is 9.47 Å². The van der Waals surface area contributed by atoms with Gasteiger partial charge >= 0.3 is 6.18 Å². The van der Waals surface area contributed by atoms with Crippen LogP contribution in [0.4, 0.5) is 13.2 Å². The van der Waals surface area contributed by atoms with Gasteiger partial charge < -0.3 is 19.5 Å². The zero-order chi connectivity index (χ0) is 34.4. The van der Waals surface area contributed by atoms with Gasteiger partial charge in [-0.1, -0.05) is 54.6 Å². The predicted octanol–water partition coefficient (Wildman–Crippen LogP) is 6.99. The Morgan fingerprint density at radius 3 is 2.69 bits per heavy atom. The van der Waals surface area contributed by atoms with Gasteiger partial charge in [0, 0.05) is 30.8 Å². The van der Waals surface area contributed by atoms with Gasteiger partial charge in [-0.25, -0.2) is 0 Å². The Kier molecular flexibility index (Phi) is 8.86. The molecule has 9 heteroatoms. The van der Waals surface area contributed by atoms with E-state index < -0.39 is 28.9 Å². The number of alkyl halides is 3. The Labute approximate surface area is 285 Å². The number of aliphatic hydroxyl groups is 1. The number of likely N-dealkylation sites (tertiary alicyclic amines) is 1. The third-order valence-electron chi connectivity index (χ3n) is 11.4. The maximum absolute atomic E-state index is 14.3. The molecule has 5 atom stereocenters. The highest BCUT2D eigenvalue weighted by molar-refractivity contribution is 5.92. The van der Waals surface area contributed by atoms with Crippen molar-refractivity contribution in [2.75, 3.05) is 26.7 Å². The van der Waals surface area contributed by atoms with E-state index in [4.69, 9.17) is 9.47 Å². The van der Waals surface area contributed by atoms with Crippen LogP contribution in [0.25, 0.3) is 6.08 Å². The van der Waals surface area contributed by atoms with E-state index in [1.165, 1.54) is 23.8 Å². The molecule has 1 spiro atoms. The average molecular weight is 673 g/mol. The van der Waals surface area contributed by atoms with Crippen LogP contribution in [-0.2, 0) is 29.2 Å². The lowest BCUT2D eigenvalue weighted by atomic mass is 9.48. The zero-order valence-corrected chi connectivity index (χ0v) is 27.8. The number of ether oxygens (including phenoxy) is 2. The summed E-state index contributed by atoms with van der Waals surface area (Å²) in [5.41, 5.74) is 1.07. The molecule has 7 rings (SSSR count). The zero-order valence-electron chi connectivity index (χ0n) is 27.8. The number of benzene rings is 3. The number of nitrogens with zero attached hydrogens (tertiary/aromatic N) is 2. The van der Waals surface area contributed by atoms with E-state index in [2.05, 4.69) is 29.7 Å². The lowest BCUT2D eigenvalue weighted by molar-refractivity contribution is -0.199. The molecular formula is C40H43F3N2O4. The quantitative estimate of drug-likeness (QED) is 0.135. The van der Waals surface area contributed by atoms with Gasteiger partial charge in [-0.05, 0) is 92.5 Å². The fourth-order valence-corrected chi connectivity index (χ4v) is 9.24. The number of aryl methyl sites for hydroxylation is 1. The van der Waals surface area contributed by atoms with Crippen molar-refractivity contribution in [1.82, 2.24) is 9.80 Å². The van der Waals surface area contributed by atoms with Crippen molar-refractivity contribution in [3.05, 3.63) is 113 Å². The SMILES string of the molecule is C=CCN1CC[C@]23c4c5ccc(OC)c4O[C@H]2[C@H](N(CCCCc2ccccc2)C(=O)C=Cc2cccc(C(F)(F)F)c2)CC[C@@]3(O)[C@H]1C5. The maximum atomic E-state index is 14.3. The summed E-state index contributed by atoms with van der Waals surface area (Å²) in [5, 5.41) is 12.9. The fraction of sp³-hybridized carbons (Fsp3) is 0.425. The highest BCUT2D eigenvalue weighted by Gasteiger charge is 2.73. The van der Waals surface area contributed by atoms with Gasteiger partial charge in [0.2, 0.25) is 5.91 Å². The third-order valence-corrected chi connectivity index (χ3v) is 11.4. The number of rotatable bonds is 11. The Morgan fingerprint density at radius 1 is 1.12 bits per heavy atom.